The fourth-order valence-electron chi connectivity index (χ4n) is 2.63. The molecule has 25 heavy (non-hydrogen) atoms. The lowest BCUT2D eigenvalue weighted by Crippen LogP contribution is -2.14. The van der Waals surface area contributed by atoms with Crippen molar-refractivity contribution in [3.05, 3.63) is 93.7 Å². The summed E-state index contributed by atoms with van der Waals surface area (Å²) in [5.41, 5.74) is 4.72. The van der Waals surface area contributed by atoms with Gasteiger partial charge in [-0.25, -0.2) is 0 Å². The molecule has 1 N–H and O–H groups in total. The molecule has 0 aliphatic carbocycles. The third kappa shape index (κ3) is 5.41. The Morgan fingerprint density at radius 3 is 2.68 bits per heavy atom. The molecule has 0 saturated heterocycles. The number of aryl methyl sites for hydroxylation is 1. The van der Waals surface area contributed by atoms with Gasteiger partial charge in [-0.15, -0.1) is 0 Å². The van der Waals surface area contributed by atoms with Gasteiger partial charge < -0.3 is 10.1 Å². The van der Waals surface area contributed by atoms with E-state index < -0.39 is 0 Å². The highest BCUT2D eigenvalue weighted by Crippen LogP contribution is 2.24. The zero-order chi connectivity index (χ0) is 17.5. The number of nitrogens with one attached hydrogen (secondary N) is 1. The lowest BCUT2D eigenvalue weighted by atomic mass is 10.1. The number of pyridine rings is 1. The van der Waals surface area contributed by atoms with Crippen LogP contribution in [-0.4, -0.2) is 4.98 Å². The Bertz CT molecular complexity index is 821. The molecular weight excluding hydrogens is 376 g/mol. The minimum Gasteiger partial charge on any atom is -0.489 e. The minimum atomic E-state index is 0.568. The molecule has 0 atom stereocenters. The molecule has 0 aliphatic rings. The van der Waals surface area contributed by atoms with Crippen molar-refractivity contribution in [2.75, 3.05) is 0 Å². The molecule has 0 bridgehead atoms. The second-order valence-electron chi connectivity index (χ2n) is 5.99. The molecule has 0 amide bonds. The van der Waals surface area contributed by atoms with Crippen LogP contribution in [0.3, 0.4) is 0 Å². The molecule has 3 aromatic rings. The van der Waals surface area contributed by atoms with Crippen molar-refractivity contribution in [2.24, 2.45) is 0 Å². The van der Waals surface area contributed by atoms with E-state index in [0.29, 0.717) is 6.61 Å². The Labute approximate surface area is 157 Å². The summed E-state index contributed by atoms with van der Waals surface area (Å²) >= 11 is 3.55. The number of halogens is 1. The molecule has 3 rings (SSSR count). The Hall–Kier alpha value is -2.17. The molecule has 0 radical (unpaired) electrons. The molecule has 0 fully saturated rings. The summed E-state index contributed by atoms with van der Waals surface area (Å²) in [5, 5.41) is 3.45. The first-order valence-corrected chi connectivity index (χ1v) is 9.06. The van der Waals surface area contributed by atoms with E-state index in [2.05, 4.69) is 69.6 Å². The lowest BCUT2D eigenvalue weighted by molar-refractivity contribution is 0.302. The van der Waals surface area contributed by atoms with Crippen molar-refractivity contribution in [2.45, 2.75) is 26.6 Å². The van der Waals surface area contributed by atoms with Crippen LogP contribution >= 0.6 is 15.9 Å². The van der Waals surface area contributed by atoms with E-state index in [1.54, 1.807) is 6.20 Å². The summed E-state index contributed by atoms with van der Waals surface area (Å²) in [7, 11) is 0. The van der Waals surface area contributed by atoms with E-state index in [1.807, 2.05) is 24.4 Å². The van der Waals surface area contributed by atoms with Gasteiger partial charge in [-0.1, -0.05) is 51.8 Å². The maximum atomic E-state index is 6.06. The number of ether oxygens (including phenoxy) is 1. The minimum absolute atomic E-state index is 0.568. The summed E-state index contributed by atoms with van der Waals surface area (Å²) < 4.78 is 7.11. The summed E-state index contributed by atoms with van der Waals surface area (Å²) in [6, 6.07) is 18.5. The third-order valence-electron chi connectivity index (χ3n) is 3.87. The van der Waals surface area contributed by atoms with Crippen LogP contribution in [0, 0.1) is 6.92 Å². The van der Waals surface area contributed by atoms with Crippen LogP contribution in [0.2, 0.25) is 0 Å². The molecule has 0 saturated carbocycles. The van der Waals surface area contributed by atoms with Crippen LogP contribution in [0.4, 0.5) is 0 Å². The second kappa shape index (κ2) is 8.79. The van der Waals surface area contributed by atoms with Crippen molar-refractivity contribution in [1.82, 2.24) is 10.3 Å². The van der Waals surface area contributed by atoms with E-state index in [-0.39, 0.29) is 0 Å². The summed E-state index contributed by atoms with van der Waals surface area (Å²) in [6.07, 6.45) is 3.66. The number of nitrogens with zero attached hydrogens (tertiary/aromatic N) is 1. The molecule has 0 unspecified atom stereocenters. The van der Waals surface area contributed by atoms with Crippen molar-refractivity contribution in [3.8, 4) is 5.75 Å². The van der Waals surface area contributed by atoms with Gasteiger partial charge in [0.15, 0.2) is 0 Å². The lowest BCUT2D eigenvalue weighted by Gasteiger charge is -2.13. The summed E-state index contributed by atoms with van der Waals surface area (Å²) in [4.78, 5) is 4.14. The number of hydrogen-bond acceptors (Lipinski definition) is 3. The molecule has 4 heteroatoms. The van der Waals surface area contributed by atoms with Gasteiger partial charge >= 0.3 is 0 Å². The maximum absolute atomic E-state index is 6.06. The van der Waals surface area contributed by atoms with Gasteiger partial charge in [0.25, 0.3) is 0 Å². The van der Waals surface area contributed by atoms with E-state index in [9.17, 15) is 0 Å². The first-order valence-electron chi connectivity index (χ1n) is 8.27. The monoisotopic (exact) mass is 396 g/mol. The SMILES string of the molecule is Cc1cccc(COc2ccc(Br)cc2CNCc2cccnc2)c1. The second-order valence-corrected chi connectivity index (χ2v) is 6.91. The van der Waals surface area contributed by atoms with Gasteiger partial charge in [-0.05, 0) is 42.3 Å². The van der Waals surface area contributed by atoms with Gasteiger partial charge in [0, 0.05) is 35.5 Å². The van der Waals surface area contributed by atoms with E-state index >= 15 is 0 Å². The van der Waals surface area contributed by atoms with Crippen LogP contribution in [0.15, 0.2) is 71.5 Å². The van der Waals surface area contributed by atoms with E-state index in [4.69, 9.17) is 4.74 Å². The number of benzene rings is 2. The highest BCUT2D eigenvalue weighted by Gasteiger charge is 2.06. The standard InChI is InChI=1S/C21H21BrN2O/c1-16-4-2-5-17(10-16)15-25-21-8-7-20(22)11-19(21)14-24-13-18-6-3-9-23-12-18/h2-12,24H,13-15H2,1H3. The highest BCUT2D eigenvalue weighted by molar-refractivity contribution is 9.10. The summed E-state index contributed by atoms with van der Waals surface area (Å²) in [5.74, 6) is 0.906. The first kappa shape index (κ1) is 17.6. The first-order chi connectivity index (χ1) is 12.2. The van der Waals surface area contributed by atoms with Gasteiger partial charge in [0.1, 0.15) is 12.4 Å². The fraction of sp³-hybridized carbons (Fsp3) is 0.190. The van der Waals surface area contributed by atoms with Crippen LogP contribution < -0.4 is 10.1 Å². The average Bonchev–Trinajstić information content (AvgIpc) is 2.62. The van der Waals surface area contributed by atoms with Crippen molar-refractivity contribution >= 4 is 15.9 Å². The highest BCUT2D eigenvalue weighted by atomic mass is 79.9. The van der Waals surface area contributed by atoms with Crippen LogP contribution in [0.5, 0.6) is 5.75 Å². The van der Waals surface area contributed by atoms with Gasteiger partial charge in [-0.3, -0.25) is 4.98 Å². The summed E-state index contributed by atoms with van der Waals surface area (Å²) in [6.45, 7) is 4.17. The van der Waals surface area contributed by atoms with Gasteiger partial charge in [0.05, 0.1) is 0 Å². The Kier molecular flexibility index (Phi) is 6.20. The van der Waals surface area contributed by atoms with Crippen molar-refractivity contribution in [3.63, 3.8) is 0 Å². The van der Waals surface area contributed by atoms with Crippen molar-refractivity contribution in [1.29, 1.82) is 0 Å². The molecule has 1 heterocycles. The van der Waals surface area contributed by atoms with Crippen LogP contribution in [0.25, 0.3) is 0 Å². The Morgan fingerprint density at radius 2 is 1.88 bits per heavy atom. The zero-order valence-electron chi connectivity index (χ0n) is 14.2. The predicted molar refractivity (Wildman–Crippen MR) is 104 cm³/mol. The molecule has 3 nitrogen and oxygen atoms in total. The zero-order valence-corrected chi connectivity index (χ0v) is 15.8. The molecular formula is C21H21BrN2O. The largest absolute Gasteiger partial charge is 0.489 e. The molecule has 128 valence electrons. The van der Waals surface area contributed by atoms with E-state index in [0.717, 1.165) is 28.9 Å². The van der Waals surface area contributed by atoms with Gasteiger partial charge in [0.2, 0.25) is 0 Å². The van der Waals surface area contributed by atoms with E-state index in [1.165, 1.54) is 16.7 Å². The third-order valence-corrected chi connectivity index (χ3v) is 4.36. The molecule has 2 aromatic carbocycles. The maximum Gasteiger partial charge on any atom is 0.124 e. The Balaban J connectivity index is 1.63. The molecule has 1 aromatic heterocycles. The number of rotatable bonds is 7. The molecule has 0 aliphatic heterocycles. The topological polar surface area (TPSA) is 34.1 Å². The number of hydrogen-bond donors (Lipinski definition) is 1. The molecule has 0 spiro atoms. The smallest absolute Gasteiger partial charge is 0.124 e. The predicted octanol–water partition coefficient (Wildman–Crippen LogP) is 5.02. The quantitative estimate of drug-likeness (QED) is 0.608. The van der Waals surface area contributed by atoms with Crippen molar-refractivity contribution < 1.29 is 4.74 Å². The Morgan fingerprint density at radius 1 is 1.00 bits per heavy atom. The number of aromatic nitrogens is 1. The van der Waals surface area contributed by atoms with Crippen LogP contribution in [0.1, 0.15) is 22.3 Å². The fourth-order valence-corrected chi connectivity index (χ4v) is 3.04. The normalized spacial score (nSPS) is 10.6. The van der Waals surface area contributed by atoms with Gasteiger partial charge in [-0.2, -0.15) is 0 Å². The van der Waals surface area contributed by atoms with Crippen LogP contribution in [-0.2, 0) is 19.7 Å². The average molecular weight is 397 g/mol.